The lowest BCUT2D eigenvalue weighted by atomic mass is 9.84. The number of nitrogens with zero attached hydrogens (tertiary/aromatic N) is 3. The van der Waals surface area contributed by atoms with Crippen molar-refractivity contribution in [3.63, 3.8) is 0 Å². The Hall–Kier alpha value is -1.36. The zero-order valence-corrected chi connectivity index (χ0v) is 10.2. The van der Waals surface area contributed by atoms with Crippen LogP contribution in [-0.2, 0) is 0 Å². The summed E-state index contributed by atoms with van der Waals surface area (Å²) in [5.74, 6) is 2.03. The molecule has 4 rings (SSSR count). The molecule has 1 aromatic rings. The molecule has 5 nitrogen and oxygen atoms in total. The highest BCUT2D eigenvalue weighted by Crippen LogP contribution is 2.29. The number of anilines is 2. The third-order valence-electron chi connectivity index (χ3n) is 3.97. The van der Waals surface area contributed by atoms with Gasteiger partial charge in [-0.3, -0.25) is 0 Å². The van der Waals surface area contributed by atoms with Crippen LogP contribution in [0.5, 0.6) is 0 Å². The van der Waals surface area contributed by atoms with Gasteiger partial charge in [-0.2, -0.15) is 4.98 Å². The van der Waals surface area contributed by atoms with Crippen molar-refractivity contribution in [1.82, 2.24) is 14.9 Å². The molecule has 3 fully saturated rings. The van der Waals surface area contributed by atoms with Crippen molar-refractivity contribution >= 4 is 11.8 Å². The molecule has 3 aliphatic heterocycles. The maximum absolute atomic E-state index is 5.64. The summed E-state index contributed by atoms with van der Waals surface area (Å²) in [7, 11) is 0. The van der Waals surface area contributed by atoms with E-state index >= 15 is 0 Å². The van der Waals surface area contributed by atoms with E-state index in [1.807, 2.05) is 6.92 Å². The van der Waals surface area contributed by atoms with Gasteiger partial charge in [-0.15, -0.1) is 0 Å². The van der Waals surface area contributed by atoms with Gasteiger partial charge in [0.2, 0.25) is 5.95 Å². The Kier molecular flexibility index (Phi) is 2.63. The van der Waals surface area contributed by atoms with Crippen molar-refractivity contribution in [3.8, 4) is 0 Å². The average Bonchev–Trinajstić information content (AvgIpc) is 2.35. The number of nitrogens with one attached hydrogen (secondary N) is 1. The number of hydrogen-bond acceptors (Lipinski definition) is 5. The fourth-order valence-electron chi connectivity index (χ4n) is 2.91. The molecule has 0 saturated carbocycles. The first kappa shape index (κ1) is 10.8. The van der Waals surface area contributed by atoms with E-state index in [2.05, 4.69) is 20.2 Å². The second kappa shape index (κ2) is 4.14. The third-order valence-corrected chi connectivity index (χ3v) is 3.97. The standard InChI is InChI=1S/C12H19N5/c1-8-6-14-12(13)16-11(8)15-10-7-17-4-2-9(10)3-5-17/h6,9-10H,2-5,7H2,1H3,(H3,13,14,15,16). The Morgan fingerprint density at radius 2 is 2.18 bits per heavy atom. The monoisotopic (exact) mass is 233 g/mol. The maximum atomic E-state index is 5.64. The normalized spacial score (nSPS) is 31.5. The minimum Gasteiger partial charge on any atom is -0.368 e. The van der Waals surface area contributed by atoms with Gasteiger partial charge in [-0.1, -0.05) is 0 Å². The number of nitrogens with two attached hydrogens (primary N) is 1. The van der Waals surface area contributed by atoms with Crippen LogP contribution in [0, 0.1) is 12.8 Å². The van der Waals surface area contributed by atoms with Crippen molar-refractivity contribution in [2.45, 2.75) is 25.8 Å². The molecule has 0 aliphatic carbocycles. The van der Waals surface area contributed by atoms with Crippen molar-refractivity contribution < 1.29 is 0 Å². The van der Waals surface area contributed by atoms with Gasteiger partial charge >= 0.3 is 0 Å². The van der Waals surface area contributed by atoms with Gasteiger partial charge < -0.3 is 16.0 Å². The predicted octanol–water partition coefficient (Wildman–Crippen LogP) is 0.873. The SMILES string of the molecule is Cc1cnc(N)nc1NC1CN2CCC1CC2. The van der Waals surface area contributed by atoms with Gasteiger partial charge in [0.05, 0.1) is 0 Å². The van der Waals surface area contributed by atoms with Gasteiger partial charge in [-0.25, -0.2) is 4.98 Å². The van der Waals surface area contributed by atoms with Crippen molar-refractivity contribution in [3.05, 3.63) is 11.8 Å². The summed E-state index contributed by atoms with van der Waals surface area (Å²) in [4.78, 5) is 10.8. The molecule has 0 aromatic carbocycles. The van der Waals surface area contributed by atoms with Gasteiger partial charge in [0.25, 0.3) is 0 Å². The van der Waals surface area contributed by atoms with Gasteiger partial charge in [0.15, 0.2) is 0 Å². The van der Waals surface area contributed by atoms with E-state index in [0.29, 0.717) is 12.0 Å². The lowest BCUT2D eigenvalue weighted by molar-refractivity contribution is 0.0973. The number of aromatic nitrogens is 2. The summed E-state index contributed by atoms with van der Waals surface area (Å²) in [6, 6.07) is 0.519. The lowest BCUT2D eigenvalue weighted by Gasteiger charge is -2.45. The summed E-state index contributed by atoms with van der Waals surface area (Å²) in [5, 5.41) is 3.55. The number of piperidine rings is 3. The fraction of sp³-hybridized carbons (Fsp3) is 0.667. The van der Waals surface area contributed by atoms with Crippen LogP contribution >= 0.6 is 0 Å². The summed E-state index contributed by atoms with van der Waals surface area (Å²) in [5.41, 5.74) is 6.70. The first-order valence-electron chi connectivity index (χ1n) is 6.30. The molecule has 17 heavy (non-hydrogen) atoms. The highest BCUT2D eigenvalue weighted by molar-refractivity contribution is 5.46. The van der Waals surface area contributed by atoms with E-state index in [0.717, 1.165) is 23.8 Å². The van der Waals surface area contributed by atoms with E-state index in [1.54, 1.807) is 6.20 Å². The Morgan fingerprint density at radius 1 is 1.41 bits per heavy atom. The molecule has 1 aromatic heterocycles. The Morgan fingerprint density at radius 3 is 2.82 bits per heavy atom. The second-order valence-electron chi connectivity index (χ2n) is 5.15. The summed E-state index contributed by atoms with van der Waals surface area (Å²) in [6.45, 7) is 5.67. The van der Waals surface area contributed by atoms with E-state index in [1.165, 1.54) is 25.9 Å². The molecule has 3 N–H and O–H groups in total. The van der Waals surface area contributed by atoms with Gasteiger partial charge in [0, 0.05) is 24.3 Å². The van der Waals surface area contributed by atoms with Crippen LogP contribution in [0.25, 0.3) is 0 Å². The second-order valence-corrected chi connectivity index (χ2v) is 5.15. The van der Waals surface area contributed by atoms with E-state index in [9.17, 15) is 0 Å². The molecular formula is C12H19N5. The molecule has 0 radical (unpaired) electrons. The molecular weight excluding hydrogens is 214 g/mol. The van der Waals surface area contributed by atoms with Crippen LogP contribution in [0.15, 0.2) is 6.20 Å². The summed E-state index contributed by atoms with van der Waals surface area (Å²) < 4.78 is 0. The minimum absolute atomic E-state index is 0.347. The van der Waals surface area contributed by atoms with Crippen molar-refractivity contribution in [1.29, 1.82) is 0 Å². The quantitative estimate of drug-likeness (QED) is 0.793. The maximum Gasteiger partial charge on any atom is 0.221 e. The van der Waals surface area contributed by atoms with E-state index < -0.39 is 0 Å². The number of aryl methyl sites for hydroxylation is 1. The first-order chi connectivity index (χ1) is 8.22. The number of hydrogen-bond donors (Lipinski definition) is 2. The third kappa shape index (κ3) is 2.07. The fourth-order valence-corrected chi connectivity index (χ4v) is 2.91. The Labute approximate surface area is 101 Å². The average molecular weight is 233 g/mol. The van der Waals surface area contributed by atoms with Crippen molar-refractivity contribution in [2.75, 3.05) is 30.7 Å². The van der Waals surface area contributed by atoms with Crippen LogP contribution in [-0.4, -0.2) is 40.5 Å². The largest absolute Gasteiger partial charge is 0.368 e. The van der Waals surface area contributed by atoms with Crippen LogP contribution < -0.4 is 11.1 Å². The topological polar surface area (TPSA) is 67.1 Å². The Bertz CT molecular complexity index is 411. The molecule has 4 heterocycles. The molecule has 1 atom stereocenters. The Balaban J connectivity index is 1.76. The first-order valence-corrected chi connectivity index (χ1v) is 6.30. The predicted molar refractivity (Wildman–Crippen MR) is 67.8 cm³/mol. The molecule has 1 unspecified atom stereocenters. The molecule has 3 aliphatic rings. The van der Waals surface area contributed by atoms with Crippen LogP contribution in [0.1, 0.15) is 18.4 Å². The summed E-state index contributed by atoms with van der Waals surface area (Å²) in [6.07, 6.45) is 4.39. The van der Waals surface area contributed by atoms with Crippen LogP contribution in [0.3, 0.4) is 0 Å². The van der Waals surface area contributed by atoms with Crippen molar-refractivity contribution in [2.24, 2.45) is 5.92 Å². The van der Waals surface area contributed by atoms with E-state index in [-0.39, 0.29) is 0 Å². The molecule has 5 heteroatoms. The summed E-state index contributed by atoms with van der Waals surface area (Å²) >= 11 is 0. The molecule has 0 amide bonds. The molecule has 2 bridgehead atoms. The lowest BCUT2D eigenvalue weighted by Crippen LogP contribution is -2.53. The highest BCUT2D eigenvalue weighted by Gasteiger charge is 2.34. The van der Waals surface area contributed by atoms with Gasteiger partial charge in [0.1, 0.15) is 5.82 Å². The molecule has 0 spiro atoms. The van der Waals surface area contributed by atoms with E-state index in [4.69, 9.17) is 5.73 Å². The molecule has 92 valence electrons. The number of fused-ring (bicyclic) bond motifs is 3. The van der Waals surface area contributed by atoms with Crippen LogP contribution in [0.2, 0.25) is 0 Å². The smallest absolute Gasteiger partial charge is 0.221 e. The van der Waals surface area contributed by atoms with Crippen LogP contribution in [0.4, 0.5) is 11.8 Å². The zero-order valence-electron chi connectivity index (χ0n) is 10.2. The highest BCUT2D eigenvalue weighted by atomic mass is 15.2. The number of nitrogen functional groups attached to an aromatic ring is 1. The van der Waals surface area contributed by atoms with Gasteiger partial charge in [-0.05, 0) is 38.8 Å². The zero-order chi connectivity index (χ0) is 11.8. The minimum atomic E-state index is 0.347. The number of rotatable bonds is 2. The molecule has 3 saturated heterocycles.